The monoisotopic (exact) mass is 529 g/mol. The summed E-state index contributed by atoms with van der Waals surface area (Å²) < 4.78 is 12.3. The van der Waals surface area contributed by atoms with Gasteiger partial charge in [-0.3, -0.25) is 9.59 Å². The summed E-state index contributed by atoms with van der Waals surface area (Å²) in [7, 11) is 1.52. The van der Waals surface area contributed by atoms with E-state index < -0.39 is 0 Å². The van der Waals surface area contributed by atoms with E-state index in [1.807, 2.05) is 30.3 Å². The zero-order valence-electron chi connectivity index (χ0n) is 16.9. The number of methoxy groups -OCH3 is 1. The van der Waals surface area contributed by atoms with Crippen molar-refractivity contribution in [2.75, 3.05) is 12.0 Å². The Balaban J connectivity index is 1.57. The number of ether oxygens (including phenoxy) is 2. The van der Waals surface area contributed by atoms with Crippen LogP contribution in [0.2, 0.25) is 5.02 Å². The van der Waals surface area contributed by atoms with E-state index in [-0.39, 0.29) is 11.1 Å². The van der Waals surface area contributed by atoms with Crippen LogP contribution in [0.15, 0.2) is 76.1 Å². The lowest BCUT2D eigenvalue weighted by Gasteiger charge is -2.14. The number of hydrogen-bond acceptors (Lipinski definition) is 5. The molecule has 2 amide bonds. The average molecular weight is 531 g/mol. The fraction of sp³-hybridized carbons (Fsp3) is 0.0833. The largest absolute Gasteiger partial charge is 0.493 e. The summed E-state index contributed by atoms with van der Waals surface area (Å²) in [6.07, 6.45) is 1.63. The second-order valence-corrected chi connectivity index (χ2v) is 9.12. The van der Waals surface area contributed by atoms with Crippen molar-refractivity contribution < 1.29 is 19.1 Å². The summed E-state index contributed by atoms with van der Waals surface area (Å²) in [5, 5.41) is -0.00466. The molecular weight excluding hydrogens is 514 g/mol. The molecule has 1 fully saturated rings. The van der Waals surface area contributed by atoms with Gasteiger partial charge in [-0.15, -0.1) is 0 Å². The highest BCUT2D eigenvalue weighted by molar-refractivity contribution is 9.10. The van der Waals surface area contributed by atoms with Gasteiger partial charge in [-0.05, 0) is 65.4 Å². The molecule has 0 unspecified atom stereocenters. The first-order valence-electron chi connectivity index (χ1n) is 9.54. The van der Waals surface area contributed by atoms with E-state index in [1.54, 1.807) is 42.5 Å². The van der Waals surface area contributed by atoms with Gasteiger partial charge < -0.3 is 9.47 Å². The fourth-order valence-corrected chi connectivity index (χ4v) is 4.50. The summed E-state index contributed by atoms with van der Waals surface area (Å²) >= 11 is 10.8. The first-order valence-corrected chi connectivity index (χ1v) is 11.5. The lowest BCUT2D eigenvalue weighted by Crippen LogP contribution is -2.27. The van der Waals surface area contributed by atoms with Crippen LogP contribution >= 0.6 is 39.3 Å². The van der Waals surface area contributed by atoms with Crippen LogP contribution in [0.4, 0.5) is 10.5 Å². The van der Waals surface area contributed by atoms with Crippen molar-refractivity contribution >= 4 is 62.2 Å². The number of para-hydroxylation sites is 1. The first kappa shape index (κ1) is 22.5. The van der Waals surface area contributed by atoms with Crippen molar-refractivity contribution in [2.24, 2.45) is 0 Å². The second kappa shape index (κ2) is 9.81. The standard InChI is InChI=1S/C24H17BrClNO4S/c1-30-20-12-16(11-19(26)22(20)31-14-15-7-9-17(25)10-8-15)13-21-23(28)27(24(29)32-21)18-5-3-2-4-6-18/h2-13H,14H2,1H3/b21-13-. The Kier molecular flexibility index (Phi) is 6.89. The van der Waals surface area contributed by atoms with E-state index in [0.717, 1.165) is 26.7 Å². The maximum absolute atomic E-state index is 12.8. The number of rotatable bonds is 6. The molecule has 0 saturated carbocycles. The Morgan fingerprint density at radius 1 is 1.06 bits per heavy atom. The molecule has 0 aliphatic carbocycles. The number of benzene rings is 3. The topological polar surface area (TPSA) is 55.8 Å². The van der Waals surface area contributed by atoms with Crippen LogP contribution in [0.1, 0.15) is 11.1 Å². The van der Waals surface area contributed by atoms with Gasteiger partial charge in [0.25, 0.3) is 11.1 Å². The number of thioether (sulfide) groups is 1. The smallest absolute Gasteiger partial charge is 0.298 e. The molecule has 162 valence electrons. The molecule has 0 aromatic heterocycles. The highest BCUT2D eigenvalue weighted by Gasteiger charge is 2.36. The third kappa shape index (κ3) is 4.85. The third-order valence-electron chi connectivity index (χ3n) is 4.65. The van der Waals surface area contributed by atoms with E-state index in [2.05, 4.69) is 15.9 Å². The molecule has 0 spiro atoms. The Morgan fingerprint density at radius 2 is 1.78 bits per heavy atom. The average Bonchev–Trinajstić information content (AvgIpc) is 3.07. The Morgan fingerprint density at radius 3 is 2.47 bits per heavy atom. The van der Waals surface area contributed by atoms with Crippen molar-refractivity contribution in [3.8, 4) is 11.5 Å². The zero-order chi connectivity index (χ0) is 22.7. The number of anilines is 1. The Bertz CT molecular complexity index is 1200. The van der Waals surface area contributed by atoms with Gasteiger partial charge in [0.2, 0.25) is 0 Å². The maximum atomic E-state index is 12.8. The van der Waals surface area contributed by atoms with E-state index in [1.165, 1.54) is 7.11 Å². The van der Waals surface area contributed by atoms with E-state index in [4.69, 9.17) is 21.1 Å². The van der Waals surface area contributed by atoms with Gasteiger partial charge in [0.05, 0.1) is 22.7 Å². The van der Waals surface area contributed by atoms with Gasteiger partial charge in [0.1, 0.15) is 6.61 Å². The van der Waals surface area contributed by atoms with Crippen molar-refractivity contribution in [1.82, 2.24) is 0 Å². The van der Waals surface area contributed by atoms with Crippen LogP contribution in [0.5, 0.6) is 11.5 Å². The molecule has 3 aromatic rings. The predicted molar refractivity (Wildman–Crippen MR) is 131 cm³/mol. The van der Waals surface area contributed by atoms with Crippen molar-refractivity contribution in [3.63, 3.8) is 0 Å². The first-order chi connectivity index (χ1) is 15.5. The van der Waals surface area contributed by atoms with Crippen LogP contribution in [0.3, 0.4) is 0 Å². The Labute approximate surface area is 203 Å². The van der Waals surface area contributed by atoms with E-state index >= 15 is 0 Å². The molecule has 1 aliphatic rings. The third-order valence-corrected chi connectivity index (χ3v) is 6.33. The quantitative estimate of drug-likeness (QED) is 0.323. The van der Waals surface area contributed by atoms with Crippen LogP contribution in [-0.4, -0.2) is 18.3 Å². The number of hydrogen-bond donors (Lipinski definition) is 0. The minimum Gasteiger partial charge on any atom is -0.493 e. The number of nitrogens with zero attached hydrogens (tertiary/aromatic N) is 1. The van der Waals surface area contributed by atoms with Crippen molar-refractivity contribution in [3.05, 3.63) is 92.3 Å². The van der Waals surface area contributed by atoms with E-state index in [0.29, 0.717) is 39.3 Å². The normalized spacial score (nSPS) is 14.8. The van der Waals surface area contributed by atoms with Gasteiger partial charge in [0, 0.05) is 4.47 Å². The van der Waals surface area contributed by atoms with Crippen LogP contribution in [-0.2, 0) is 11.4 Å². The molecule has 32 heavy (non-hydrogen) atoms. The van der Waals surface area contributed by atoms with Crippen molar-refractivity contribution in [1.29, 1.82) is 0 Å². The molecular formula is C24H17BrClNO4S. The molecule has 1 heterocycles. The molecule has 0 radical (unpaired) electrons. The fourth-order valence-electron chi connectivity index (χ4n) is 3.12. The van der Waals surface area contributed by atoms with Crippen LogP contribution < -0.4 is 14.4 Å². The van der Waals surface area contributed by atoms with Gasteiger partial charge in [-0.25, -0.2) is 4.90 Å². The number of halogens is 2. The molecule has 3 aromatic carbocycles. The van der Waals surface area contributed by atoms with Gasteiger partial charge in [-0.2, -0.15) is 0 Å². The minimum atomic E-state index is -0.378. The van der Waals surface area contributed by atoms with Crippen molar-refractivity contribution in [2.45, 2.75) is 6.61 Å². The summed E-state index contributed by atoms with van der Waals surface area (Å²) in [4.78, 5) is 26.7. The molecule has 0 N–H and O–H groups in total. The molecule has 1 aliphatic heterocycles. The number of carbonyl (C=O) groups is 2. The molecule has 1 saturated heterocycles. The second-order valence-electron chi connectivity index (χ2n) is 6.80. The highest BCUT2D eigenvalue weighted by Crippen LogP contribution is 2.40. The Hall–Kier alpha value is -2.74. The zero-order valence-corrected chi connectivity index (χ0v) is 20.0. The highest BCUT2D eigenvalue weighted by atomic mass is 79.9. The molecule has 5 nitrogen and oxygen atoms in total. The number of amides is 2. The molecule has 0 bridgehead atoms. The van der Waals surface area contributed by atoms with Gasteiger partial charge in [-0.1, -0.05) is 57.9 Å². The van der Waals surface area contributed by atoms with E-state index in [9.17, 15) is 9.59 Å². The number of carbonyl (C=O) groups excluding carboxylic acids is 2. The molecule has 0 atom stereocenters. The maximum Gasteiger partial charge on any atom is 0.298 e. The molecule has 4 rings (SSSR count). The summed E-state index contributed by atoms with van der Waals surface area (Å²) in [6, 6.07) is 20.0. The van der Waals surface area contributed by atoms with Gasteiger partial charge >= 0.3 is 0 Å². The SMILES string of the molecule is COc1cc(/C=C2\SC(=O)N(c3ccccc3)C2=O)cc(Cl)c1OCc1ccc(Br)cc1. The van der Waals surface area contributed by atoms with Gasteiger partial charge in [0.15, 0.2) is 11.5 Å². The minimum absolute atomic E-state index is 0.306. The lowest BCUT2D eigenvalue weighted by molar-refractivity contribution is -0.113. The summed E-state index contributed by atoms with van der Waals surface area (Å²) in [6.45, 7) is 0.318. The lowest BCUT2D eigenvalue weighted by atomic mass is 10.1. The number of imide groups is 1. The van der Waals surface area contributed by atoms with Crippen LogP contribution in [0.25, 0.3) is 6.08 Å². The predicted octanol–water partition coefficient (Wildman–Crippen LogP) is 6.93. The summed E-state index contributed by atoms with van der Waals surface area (Å²) in [5.41, 5.74) is 2.14. The van der Waals surface area contributed by atoms with Crippen LogP contribution in [0, 0.1) is 0 Å². The molecule has 8 heteroatoms. The summed E-state index contributed by atoms with van der Waals surface area (Å²) in [5.74, 6) is 0.464.